The molecule has 112 valence electrons. The fourth-order valence-corrected chi connectivity index (χ4v) is 2.75. The van der Waals surface area contributed by atoms with E-state index in [1.807, 2.05) is 19.1 Å². The summed E-state index contributed by atoms with van der Waals surface area (Å²) in [6.07, 6.45) is 1.38. The lowest BCUT2D eigenvalue weighted by atomic mass is 10.1. The summed E-state index contributed by atoms with van der Waals surface area (Å²) >= 11 is 0. The van der Waals surface area contributed by atoms with Crippen molar-refractivity contribution in [2.24, 2.45) is 0 Å². The number of nitrogens with two attached hydrogens (primary N) is 1. The quantitative estimate of drug-likeness (QED) is 0.788. The summed E-state index contributed by atoms with van der Waals surface area (Å²) < 4.78 is 0. The second-order valence-corrected chi connectivity index (χ2v) is 5.40. The van der Waals surface area contributed by atoms with Crippen molar-refractivity contribution in [3.8, 4) is 11.1 Å². The second-order valence-electron chi connectivity index (χ2n) is 5.40. The Morgan fingerprint density at radius 2 is 2.05 bits per heavy atom. The van der Waals surface area contributed by atoms with E-state index < -0.39 is 0 Å². The van der Waals surface area contributed by atoms with Gasteiger partial charge < -0.3 is 15.7 Å². The minimum absolute atomic E-state index is 0.371. The monoisotopic (exact) mass is 287 g/mol. The van der Waals surface area contributed by atoms with Crippen LogP contribution in [0.1, 0.15) is 6.92 Å². The van der Waals surface area contributed by atoms with Crippen LogP contribution in [0.4, 0.5) is 11.5 Å². The lowest BCUT2D eigenvalue weighted by Gasteiger charge is -2.37. The number of anilines is 2. The molecular weight excluding hydrogens is 266 g/mol. The Balaban J connectivity index is 1.77. The first kappa shape index (κ1) is 13.9. The largest absolute Gasteiger partial charge is 0.384 e. The third-order valence-electron chi connectivity index (χ3n) is 4.03. The molecule has 4 N–H and O–H groups in total. The van der Waals surface area contributed by atoms with Gasteiger partial charge in [-0.2, -0.15) is 5.10 Å². The van der Waals surface area contributed by atoms with Gasteiger partial charge >= 0.3 is 0 Å². The maximum atomic E-state index is 9.62. The molecule has 0 amide bonds. The van der Waals surface area contributed by atoms with E-state index >= 15 is 0 Å². The Bertz CT molecular complexity index is 602. The van der Waals surface area contributed by atoms with E-state index in [0.717, 1.165) is 37.3 Å². The number of benzene rings is 1. The minimum Gasteiger partial charge on any atom is -0.384 e. The number of piperazine rings is 1. The van der Waals surface area contributed by atoms with Crippen molar-refractivity contribution in [1.29, 1.82) is 0 Å². The molecule has 1 aliphatic heterocycles. The van der Waals surface area contributed by atoms with Gasteiger partial charge in [0, 0.05) is 37.4 Å². The van der Waals surface area contributed by atoms with Crippen molar-refractivity contribution in [3.63, 3.8) is 0 Å². The Morgan fingerprint density at radius 3 is 2.67 bits per heavy atom. The van der Waals surface area contributed by atoms with Crippen LogP contribution in [-0.2, 0) is 0 Å². The zero-order valence-corrected chi connectivity index (χ0v) is 12.2. The number of aliphatic hydroxyl groups excluding tert-OH is 1. The lowest BCUT2D eigenvalue weighted by molar-refractivity contribution is 0.0153. The summed E-state index contributed by atoms with van der Waals surface area (Å²) in [5, 5.41) is 16.4. The van der Waals surface area contributed by atoms with Gasteiger partial charge in [-0.1, -0.05) is 12.1 Å². The molecule has 21 heavy (non-hydrogen) atoms. The standard InChI is InChI=1S/C15H21N5O/c1-11(21)19-5-7-20(8-6-19)13-4-2-3-12(9-13)14-10-17-18-15(14)16/h2-4,9-11,21H,5-8H2,1H3,(H3,16,17,18). The Hall–Kier alpha value is -2.05. The van der Waals surface area contributed by atoms with Gasteiger partial charge in [0.15, 0.2) is 0 Å². The Morgan fingerprint density at radius 1 is 1.29 bits per heavy atom. The third kappa shape index (κ3) is 2.86. The Labute approximate surface area is 124 Å². The van der Waals surface area contributed by atoms with Crippen LogP contribution in [0.25, 0.3) is 11.1 Å². The number of nitrogens with one attached hydrogen (secondary N) is 1. The predicted molar refractivity (Wildman–Crippen MR) is 83.9 cm³/mol. The van der Waals surface area contributed by atoms with Crippen LogP contribution in [-0.4, -0.2) is 52.6 Å². The number of aromatic nitrogens is 2. The summed E-state index contributed by atoms with van der Waals surface area (Å²) in [5.41, 5.74) is 9.06. The highest BCUT2D eigenvalue weighted by molar-refractivity contribution is 5.75. The molecule has 0 radical (unpaired) electrons. The van der Waals surface area contributed by atoms with Crippen LogP contribution in [0.2, 0.25) is 0 Å². The molecule has 1 aliphatic rings. The first-order valence-electron chi connectivity index (χ1n) is 7.21. The van der Waals surface area contributed by atoms with Gasteiger partial charge in [0.05, 0.1) is 6.20 Å². The molecule has 0 aliphatic carbocycles. The van der Waals surface area contributed by atoms with Crippen LogP contribution >= 0.6 is 0 Å². The fourth-order valence-electron chi connectivity index (χ4n) is 2.75. The molecule has 1 fully saturated rings. The predicted octanol–water partition coefficient (Wildman–Crippen LogP) is 1.12. The fraction of sp³-hybridized carbons (Fsp3) is 0.400. The minimum atomic E-state index is -0.371. The molecule has 1 atom stereocenters. The number of nitrogens with zero attached hydrogens (tertiary/aromatic N) is 3. The van der Waals surface area contributed by atoms with Crippen LogP contribution in [0.15, 0.2) is 30.5 Å². The average molecular weight is 287 g/mol. The van der Waals surface area contributed by atoms with E-state index in [9.17, 15) is 5.11 Å². The lowest BCUT2D eigenvalue weighted by Crippen LogP contribution is -2.49. The summed E-state index contributed by atoms with van der Waals surface area (Å²) in [6, 6.07) is 8.33. The number of hydrogen-bond donors (Lipinski definition) is 3. The van der Waals surface area contributed by atoms with E-state index in [1.165, 1.54) is 5.69 Å². The Kier molecular flexibility index (Phi) is 3.81. The molecule has 0 bridgehead atoms. The molecule has 1 unspecified atom stereocenters. The normalized spacial score (nSPS) is 17.9. The average Bonchev–Trinajstić information content (AvgIpc) is 2.94. The van der Waals surface area contributed by atoms with Gasteiger partial charge in [-0.3, -0.25) is 10.00 Å². The van der Waals surface area contributed by atoms with Gasteiger partial charge in [0.1, 0.15) is 12.0 Å². The molecule has 2 aromatic rings. The highest BCUT2D eigenvalue weighted by Gasteiger charge is 2.20. The zero-order valence-electron chi connectivity index (χ0n) is 12.2. The first-order valence-corrected chi connectivity index (χ1v) is 7.21. The van der Waals surface area contributed by atoms with Crippen molar-refractivity contribution in [2.75, 3.05) is 36.8 Å². The first-order chi connectivity index (χ1) is 10.1. The van der Waals surface area contributed by atoms with Crippen LogP contribution in [0.5, 0.6) is 0 Å². The van der Waals surface area contributed by atoms with Gasteiger partial charge in [0.2, 0.25) is 0 Å². The smallest absolute Gasteiger partial charge is 0.126 e. The van der Waals surface area contributed by atoms with Crippen LogP contribution in [0, 0.1) is 0 Å². The zero-order chi connectivity index (χ0) is 14.8. The van der Waals surface area contributed by atoms with Crippen molar-refractivity contribution in [1.82, 2.24) is 15.1 Å². The van der Waals surface area contributed by atoms with E-state index in [-0.39, 0.29) is 6.23 Å². The van der Waals surface area contributed by atoms with E-state index in [2.05, 4.69) is 32.1 Å². The molecule has 3 rings (SSSR count). The molecule has 0 saturated carbocycles. The maximum Gasteiger partial charge on any atom is 0.126 e. The van der Waals surface area contributed by atoms with E-state index in [1.54, 1.807) is 6.20 Å². The molecule has 2 heterocycles. The van der Waals surface area contributed by atoms with Crippen molar-refractivity contribution >= 4 is 11.5 Å². The highest BCUT2D eigenvalue weighted by Crippen LogP contribution is 2.28. The van der Waals surface area contributed by atoms with Gasteiger partial charge in [-0.15, -0.1) is 0 Å². The second kappa shape index (κ2) is 5.75. The van der Waals surface area contributed by atoms with E-state index in [4.69, 9.17) is 5.73 Å². The summed E-state index contributed by atoms with van der Waals surface area (Å²) in [6.45, 7) is 5.38. The molecular formula is C15H21N5O. The molecule has 6 heteroatoms. The van der Waals surface area contributed by atoms with Crippen molar-refractivity contribution in [2.45, 2.75) is 13.2 Å². The summed E-state index contributed by atoms with van der Waals surface area (Å²) in [7, 11) is 0. The van der Waals surface area contributed by atoms with E-state index in [0.29, 0.717) is 5.82 Å². The van der Waals surface area contributed by atoms with Gasteiger partial charge in [0.25, 0.3) is 0 Å². The number of aliphatic hydroxyl groups is 1. The molecule has 1 saturated heterocycles. The molecule has 1 aromatic heterocycles. The summed E-state index contributed by atoms with van der Waals surface area (Å²) in [5.74, 6) is 0.589. The molecule has 6 nitrogen and oxygen atoms in total. The van der Waals surface area contributed by atoms with Crippen LogP contribution in [0.3, 0.4) is 0 Å². The highest BCUT2D eigenvalue weighted by atomic mass is 16.3. The molecule has 1 aromatic carbocycles. The van der Waals surface area contributed by atoms with Gasteiger partial charge in [-0.25, -0.2) is 0 Å². The van der Waals surface area contributed by atoms with Crippen molar-refractivity contribution in [3.05, 3.63) is 30.5 Å². The van der Waals surface area contributed by atoms with Gasteiger partial charge in [-0.05, 0) is 24.6 Å². The SMILES string of the molecule is CC(O)N1CCN(c2cccc(-c3cn[nH]c3N)c2)CC1. The molecule has 0 spiro atoms. The number of aromatic amines is 1. The van der Waals surface area contributed by atoms with Crippen molar-refractivity contribution < 1.29 is 5.11 Å². The topological polar surface area (TPSA) is 81.4 Å². The number of hydrogen-bond acceptors (Lipinski definition) is 5. The number of nitrogen functional groups attached to an aromatic ring is 1. The summed E-state index contributed by atoms with van der Waals surface area (Å²) in [4.78, 5) is 4.41. The number of rotatable bonds is 3. The maximum absolute atomic E-state index is 9.62. The number of H-pyrrole nitrogens is 1. The van der Waals surface area contributed by atoms with Crippen LogP contribution < -0.4 is 10.6 Å². The third-order valence-corrected chi connectivity index (χ3v) is 4.03.